The lowest BCUT2D eigenvalue weighted by Crippen LogP contribution is -2.14. The van der Waals surface area contributed by atoms with Crippen LogP contribution < -0.4 is 4.72 Å². The lowest BCUT2D eigenvalue weighted by Gasteiger charge is -2.16. The van der Waals surface area contributed by atoms with Crippen LogP contribution >= 0.6 is 58.0 Å². The van der Waals surface area contributed by atoms with Gasteiger partial charge < -0.3 is 0 Å². The third kappa shape index (κ3) is 3.58. The zero-order chi connectivity index (χ0) is 16.5. The van der Waals surface area contributed by atoms with Crippen molar-refractivity contribution in [1.29, 1.82) is 0 Å². The molecule has 22 heavy (non-hydrogen) atoms. The van der Waals surface area contributed by atoms with E-state index in [1.807, 2.05) is 6.07 Å². The molecule has 0 saturated carbocycles. The van der Waals surface area contributed by atoms with Gasteiger partial charge in [0.25, 0.3) is 0 Å². The summed E-state index contributed by atoms with van der Waals surface area (Å²) < 4.78 is 25.4. The van der Waals surface area contributed by atoms with Crippen molar-refractivity contribution >= 4 is 73.7 Å². The van der Waals surface area contributed by atoms with Crippen LogP contribution in [0, 0.1) is 0 Å². The number of hydrogen-bond acceptors (Lipinski definition) is 2. The zero-order valence-corrected chi connectivity index (χ0v) is 15.3. The molecule has 0 heterocycles. The number of benzene rings is 2. The van der Waals surface area contributed by atoms with Crippen molar-refractivity contribution in [3.05, 3.63) is 50.4 Å². The van der Waals surface area contributed by atoms with Crippen LogP contribution in [0.25, 0.3) is 11.1 Å². The molecule has 2 aromatic rings. The van der Waals surface area contributed by atoms with E-state index in [0.717, 1.165) is 0 Å². The molecule has 0 bridgehead atoms. The van der Waals surface area contributed by atoms with Gasteiger partial charge in [-0.25, -0.2) is 8.42 Å². The molecule has 0 spiro atoms. The van der Waals surface area contributed by atoms with E-state index in [1.54, 1.807) is 24.3 Å². The van der Waals surface area contributed by atoms with Crippen LogP contribution in [0.2, 0.25) is 20.1 Å². The fourth-order valence-electron chi connectivity index (χ4n) is 1.76. The first-order valence-electron chi connectivity index (χ1n) is 5.76. The Labute approximate surface area is 153 Å². The number of hydrogen-bond donors (Lipinski definition) is 1. The number of sulfonamides is 1. The number of nitrogens with one attached hydrogen (secondary N) is 1. The summed E-state index contributed by atoms with van der Waals surface area (Å²) in [6, 6.07) is 8.99. The van der Waals surface area contributed by atoms with E-state index in [2.05, 4.69) is 4.72 Å². The van der Waals surface area contributed by atoms with Gasteiger partial charge in [0.1, 0.15) is 5.21 Å². The second kappa shape index (κ2) is 7.04. The highest BCUT2D eigenvalue weighted by atomic mass is 35.5. The highest BCUT2D eigenvalue weighted by molar-refractivity contribution is 7.93. The molecule has 0 amide bonds. The van der Waals surface area contributed by atoms with Crippen molar-refractivity contribution in [2.75, 3.05) is 9.93 Å². The van der Waals surface area contributed by atoms with Gasteiger partial charge in [-0.3, -0.25) is 4.72 Å². The third-order valence-electron chi connectivity index (χ3n) is 2.73. The third-order valence-corrected chi connectivity index (χ3v) is 6.10. The predicted octanol–water partition coefficient (Wildman–Crippen LogP) is 5.91. The Bertz CT molecular complexity index is 780. The van der Waals surface area contributed by atoms with E-state index in [4.69, 9.17) is 58.0 Å². The van der Waals surface area contributed by atoms with Crippen LogP contribution in [0.3, 0.4) is 0 Å². The van der Waals surface area contributed by atoms with Gasteiger partial charge in [0.15, 0.2) is 0 Å². The van der Waals surface area contributed by atoms with Crippen molar-refractivity contribution in [2.45, 2.75) is 0 Å². The van der Waals surface area contributed by atoms with Crippen molar-refractivity contribution in [1.82, 2.24) is 0 Å². The minimum atomic E-state index is -3.80. The predicted molar refractivity (Wildman–Crippen MR) is 95.2 cm³/mol. The minimum absolute atomic E-state index is 0.0522. The molecule has 1 N–H and O–H groups in total. The molecule has 0 saturated heterocycles. The van der Waals surface area contributed by atoms with E-state index in [-0.39, 0.29) is 25.8 Å². The molecule has 9 heteroatoms. The van der Waals surface area contributed by atoms with Crippen LogP contribution in [0.1, 0.15) is 0 Å². The minimum Gasteiger partial charge on any atom is -0.279 e. The van der Waals surface area contributed by atoms with Gasteiger partial charge in [-0.05, 0) is 5.56 Å². The first kappa shape index (κ1) is 18.0. The molecule has 0 aliphatic rings. The monoisotopic (exact) mass is 417 g/mol. The maximum absolute atomic E-state index is 11.6. The Balaban J connectivity index is 2.69. The normalized spacial score (nSPS) is 11.5. The average Bonchev–Trinajstić information content (AvgIpc) is 2.51. The van der Waals surface area contributed by atoms with Crippen molar-refractivity contribution in [3.8, 4) is 11.1 Å². The summed E-state index contributed by atoms with van der Waals surface area (Å²) in [6.45, 7) is 0. The molecule has 0 atom stereocenters. The molecule has 0 aliphatic heterocycles. The molecular weight excluding hydrogens is 411 g/mol. The van der Waals surface area contributed by atoms with Crippen LogP contribution in [0.5, 0.6) is 0 Å². The largest absolute Gasteiger partial charge is 0.279 e. The molecule has 0 aliphatic carbocycles. The Hall–Kier alpha value is -0.360. The van der Waals surface area contributed by atoms with Crippen LogP contribution in [0.15, 0.2) is 30.3 Å². The van der Waals surface area contributed by atoms with E-state index in [1.165, 1.54) is 0 Å². The molecule has 2 aromatic carbocycles. The van der Waals surface area contributed by atoms with Crippen molar-refractivity contribution in [2.24, 2.45) is 0 Å². The van der Waals surface area contributed by atoms with Gasteiger partial charge in [-0.2, -0.15) is 0 Å². The standard InChI is InChI=1S/C13H8Cl5NO2S/c14-6-22(20,21)19-13-11(17)9(15)8(10(16)12(13)18)7-4-2-1-3-5-7/h1-5,19H,6H2. The van der Waals surface area contributed by atoms with Gasteiger partial charge >= 0.3 is 0 Å². The Morgan fingerprint density at radius 3 is 1.82 bits per heavy atom. The van der Waals surface area contributed by atoms with Crippen molar-refractivity contribution < 1.29 is 8.42 Å². The number of halogens is 5. The molecule has 118 valence electrons. The zero-order valence-electron chi connectivity index (χ0n) is 10.7. The Kier molecular flexibility index (Phi) is 5.75. The van der Waals surface area contributed by atoms with Gasteiger partial charge in [0.05, 0.1) is 25.8 Å². The smallest absolute Gasteiger partial charge is 0.246 e. The topological polar surface area (TPSA) is 46.2 Å². The summed E-state index contributed by atoms with van der Waals surface area (Å²) >= 11 is 30.1. The second-order valence-corrected chi connectivity index (χ2v) is 8.02. The molecule has 0 aromatic heterocycles. The summed E-state index contributed by atoms with van der Waals surface area (Å²) in [5.41, 5.74) is 1.03. The summed E-state index contributed by atoms with van der Waals surface area (Å²) in [5, 5.41) is -0.577. The molecule has 0 fully saturated rings. The Morgan fingerprint density at radius 2 is 1.36 bits per heavy atom. The summed E-state index contributed by atoms with van der Waals surface area (Å²) in [6.07, 6.45) is 0. The highest BCUT2D eigenvalue weighted by Gasteiger charge is 2.23. The highest BCUT2D eigenvalue weighted by Crippen LogP contribution is 2.48. The van der Waals surface area contributed by atoms with E-state index in [0.29, 0.717) is 11.1 Å². The fraction of sp³-hybridized carbons (Fsp3) is 0.0769. The van der Waals surface area contributed by atoms with Crippen LogP contribution in [-0.4, -0.2) is 13.6 Å². The van der Waals surface area contributed by atoms with E-state index < -0.39 is 15.2 Å². The molecule has 3 nitrogen and oxygen atoms in total. The van der Waals surface area contributed by atoms with E-state index >= 15 is 0 Å². The molecule has 0 radical (unpaired) electrons. The lowest BCUT2D eigenvalue weighted by atomic mass is 10.1. The molecule has 2 rings (SSSR count). The van der Waals surface area contributed by atoms with Gasteiger partial charge in [-0.15, -0.1) is 11.6 Å². The second-order valence-electron chi connectivity index (χ2n) is 4.20. The quantitative estimate of drug-likeness (QED) is 0.495. The lowest BCUT2D eigenvalue weighted by molar-refractivity contribution is 0.605. The summed E-state index contributed by atoms with van der Waals surface area (Å²) in [4.78, 5) is 0. The first-order valence-corrected chi connectivity index (χ1v) is 9.46. The summed E-state index contributed by atoms with van der Waals surface area (Å²) in [5.74, 6) is 0. The first-order chi connectivity index (χ1) is 10.3. The molecule has 0 unspecified atom stereocenters. The van der Waals surface area contributed by atoms with Crippen LogP contribution in [0.4, 0.5) is 5.69 Å². The molecular formula is C13H8Cl5NO2S. The van der Waals surface area contributed by atoms with Gasteiger partial charge in [-0.1, -0.05) is 76.7 Å². The maximum atomic E-state index is 11.6. The van der Waals surface area contributed by atoms with Crippen LogP contribution in [-0.2, 0) is 10.0 Å². The number of anilines is 1. The van der Waals surface area contributed by atoms with Crippen molar-refractivity contribution in [3.63, 3.8) is 0 Å². The SMILES string of the molecule is O=S(=O)(CCl)Nc1c(Cl)c(Cl)c(-c2ccccc2)c(Cl)c1Cl. The maximum Gasteiger partial charge on any atom is 0.246 e. The fourth-order valence-corrected chi connectivity index (χ4v) is 3.77. The summed E-state index contributed by atoms with van der Waals surface area (Å²) in [7, 11) is -3.80. The number of alkyl halides is 1. The number of rotatable bonds is 4. The average molecular weight is 420 g/mol. The Morgan fingerprint density at radius 1 is 0.864 bits per heavy atom. The van der Waals surface area contributed by atoms with E-state index in [9.17, 15) is 8.42 Å². The van der Waals surface area contributed by atoms with Gasteiger partial charge in [0.2, 0.25) is 10.0 Å². The van der Waals surface area contributed by atoms with Gasteiger partial charge in [0, 0.05) is 5.56 Å².